The van der Waals surface area contributed by atoms with Crippen LogP contribution in [0.1, 0.15) is 33.2 Å². The normalized spacial score (nSPS) is 13.8. The molecule has 1 atom stereocenters. The van der Waals surface area contributed by atoms with Gasteiger partial charge >= 0.3 is 5.97 Å². The van der Waals surface area contributed by atoms with E-state index >= 15 is 0 Å². The van der Waals surface area contributed by atoms with E-state index in [2.05, 4.69) is 5.32 Å². The second-order valence-corrected chi connectivity index (χ2v) is 8.65. The maximum atomic E-state index is 12.8. The van der Waals surface area contributed by atoms with Crippen molar-refractivity contribution >= 4 is 87.4 Å². The maximum Gasteiger partial charge on any atom is 0.329 e. The first-order valence-corrected chi connectivity index (χ1v) is 10.8. The predicted octanol–water partition coefficient (Wildman–Crippen LogP) is 5.43. The number of carbonyl (C=O) groups excluding carboxylic acids is 4. The standard InChI is InChI=1S/C20H13Cl5N2O5/c1-7-9(21)4-3-5-10(7)26-11(28)6-32-20(31)8(2)27-18(29)12-13(19(27)30)15(23)17(25)16(24)14(12)22/h3-5,8H,6H2,1-2H3,(H,26,28). The molecule has 0 aliphatic carbocycles. The van der Waals surface area contributed by atoms with Gasteiger partial charge in [0.15, 0.2) is 6.61 Å². The molecular formula is C20H13Cl5N2O5. The summed E-state index contributed by atoms with van der Waals surface area (Å²) < 4.78 is 4.98. The Labute approximate surface area is 207 Å². The number of benzene rings is 2. The molecule has 3 amide bonds. The molecule has 1 heterocycles. The minimum absolute atomic E-state index is 0.191. The van der Waals surface area contributed by atoms with Crippen molar-refractivity contribution in [2.45, 2.75) is 19.9 Å². The van der Waals surface area contributed by atoms with Gasteiger partial charge in [-0.05, 0) is 31.5 Å². The highest BCUT2D eigenvalue weighted by molar-refractivity contribution is 6.55. The lowest BCUT2D eigenvalue weighted by Gasteiger charge is -2.21. The van der Waals surface area contributed by atoms with Crippen LogP contribution < -0.4 is 5.32 Å². The predicted molar refractivity (Wildman–Crippen MR) is 122 cm³/mol. The van der Waals surface area contributed by atoms with Crippen molar-refractivity contribution in [3.05, 3.63) is 60.0 Å². The van der Waals surface area contributed by atoms with Gasteiger partial charge in [0.25, 0.3) is 17.7 Å². The van der Waals surface area contributed by atoms with Crippen molar-refractivity contribution < 1.29 is 23.9 Å². The highest BCUT2D eigenvalue weighted by Crippen LogP contribution is 2.45. The largest absolute Gasteiger partial charge is 0.454 e. The number of hydrogen-bond acceptors (Lipinski definition) is 5. The number of ether oxygens (including phenoxy) is 1. The average Bonchev–Trinajstić information content (AvgIpc) is 3.01. The van der Waals surface area contributed by atoms with Crippen LogP contribution in [0.3, 0.4) is 0 Å². The van der Waals surface area contributed by atoms with E-state index in [1.807, 2.05) is 0 Å². The van der Waals surface area contributed by atoms with E-state index in [-0.39, 0.29) is 31.2 Å². The number of fused-ring (bicyclic) bond motifs is 1. The molecule has 12 heteroatoms. The first kappa shape index (κ1) is 24.6. The van der Waals surface area contributed by atoms with Crippen molar-refractivity contribution in [3.8, 4) is 0 Å². The summed E-state index contributed by atoms with van der Waals surface area (Å²) in [5.74, 6) is -3.41. The summed E-state index contributed by atoms with van der Waals surface area (Å²) in [4.78, 5) is 50.8. The molecule has 2 aromatic carbocycles. The Morgan fingerprint density at radius 3 is 2.03 bits per heavy atom. The summed E-state index contributed by atoms with van der Waals surface area (Å²) in [7, 11) is 0. The summed E-state index contributed by atoms with van der Waals surface area (Å²) in [6.45, 7) is 2.31. The van der Waals surface area contributed by atoms with Gasteiger partial charge in [0, 0.05) is 10.7 Å². The van der Waals surface area contributed by atoms with E-state index in [1.165, 1.54) is 6.92 Å². The number of imide groups is 1. The Hall–Kier alpha value is -2.03. The molecule has 0 aromatic heterocycles. The zero-order valence-electron chi connectivity index (χ0n) is 16.4. The molecule has 2 aromatic rings. The molecule has 0 fully saturated rings. The lowest BCUT2D eigenvalue weighted by atomic mass is 10.1. The number of hydrogen-bond donors (Lipinski definition) is 1. The Balaban J connectivity index is 1.72. The Morgan fingerprint density at radius 1 is 0.969 bits per heavy atom. The van der Waals surface area contributed by atoms with E-state index in [0.29, 0.717) is 21.2 Å². The third kappa shape index (κ3) is 4.28. The highest BCUT2D eigenvalue weighted by atomic mass is 35.5. The molecule has 32 heavy (non-hydrogen) atoms. The first-order chi connectivity index (χ1) is 15.0. The second-order valence-electron chi connectivity index (χ2n) is 6.73. The SMILES string of the molecule is Cc1c(Cl)cccc1NC(=O)COC(=O)C(C)N1C(=O)c2c(Cl)c(Cl)c(Cl)c(Cl)c2C1=O. The second kappa shape index (κ2) is 9.45. The van der Waals surface area contributed by atoms with Crippen LogP contribution in [0.5, 0.6) is 0 Å². The van der Waals surface area contributed by atoms with E-state index in [9.17, 15) is 19.2 Å². The maximum absolute atomic E-state index is 12.8. The van der Waals surface area contributed by atoms with Crippen LogP contribution in [0, 0.1) is 6.92 Å². The molecule has 0 radical (unpaired) electrons. The van der Waals surface area contributed by atoms with Crippen LogP contribution in [0.2, 0.25) is 25.1 Å². The van der Waals surface area contributed by atoms with E-state index in [1.54, 1.807) is 25.1 Å². The van der Waals surface area contributed by atoms with Gasteiger partial charge in [-0.1, -0.05) is 64.1 Å². The van der Waals surface area contributed by atoms with Gasteiger partial charge in [-0.3, -0.25) is 19.3 Å². The van der Waals surface area contributed by atoms with E-state index < -0.39 is 36.3 Å². The van der Waals surface area contributed by atoms with Crippen molar-refractivity contribution in [1.29, 1.82) is 0 Å². The minimum Gasteiger partial charge on any atom is -0.454 e. The fourth-order valence-corrected chi connectivity index (χ4v) is 4.20. The number of carbonyl (C=O) groups is 4. The molecule has 7 nitrogen and oxygen atoms in total. The fraction of sp³-hybridized carbons (Fsp3) is 0.200. The quantitative estimate of drug-likeness (QED) is 0.237. The fourth-order valence-electron chi connectivity index (χ4n) is 3.01. The lowest BCUT2D eigenvalue weighted by Crippen LogP contribution is -2.44. The highest BCUT2D eigenvalue weighted by Gasteiger charge is 2.45. The van der Waals surface area contributed by atoms with Crippen LogP contribution in [0.4, 0.5) is 5.69 Å². The smallest absolute Gasteiger partial charge is 0.329 e. The number of nitrogens with zero attached hydrogens (tertiary/aromatic N) is 1. The van der Waals surface area contributed by atoms with Crippen LogP contribution in [0.15, 0.2) is 18.2 Å². The van der Waals surface area contributed by atoms with Crippen molar-refractivity contribution in [3.63, 3.8) is 0 Å². The van der Waals surface area contributed by atoms with Gasteiger partial charge in [-0.25, -0.2) is 4.79 Å². The van der Waals surface area contributed by atoms with Crippen molar-refractivity contribution in [2.75, 3.05) is 11.9 Å². The zero-order chi connectivity index (χ0) is 23.9. The monoisotopic (exact) mass is 536 g/mol. The number of amides is 3. The number of nitrogens with one attached hydrogen (secondary N) is 1. The van der Waals surface area contributed by atoms with E-state index in [0.717, 1.165) is 0 Å². The molecule has 1 unspecified atom stereocenters. The summed E-state index contributed by atoms with van der Waals surface area (Å²) in [6.07, 6.45) is 0. The molecule has 1 aliphatic heterocycles. The van der Waals surface area contributed by atoms with Crippen LogP contribution in [0.25, 0.3) is 0 Å². The van der Waals surface area contributed by atoms with Gasteiger partial charge in [0.2, 0.25) is 0 Å². The minimum atomic E-state index is -1.38. The molecule has 0 saturated heterocycles. The summed E-state index contributed by atoms with van der Waals surface area (Å²) in [5, 5.41) is 2.12. The third-order valence-corrected chi connectivity index (χ3v) is 6.96. The number of anilines is 1. The average molecular weight is 539 g/mol. The molecule has 1 aliphatic rings. The van der Waals surface area contributed by atoms with Crippen molar-refractivity contribution in [1.82, 2.24) is 4.90 Å². The number of halogens is 5. The van der Waals surface area contributed by atoms with Gasteiger partial charge in [-0.15, -0.1) is 0 Å². The molecule has 168 valence electrons. The van der Waals surface area contributed by atoms with Gasteiger partial charge in [-0.2, -0.15) is 0 Å². The van der Waals surface area contributed by atoms with Crippen LogP contribution >= 0.6 is 58.0 Å². The molecule has 0 spiro atoms. The Morgan fingerprint density at radius 2 is 1.50 bits per heavy atom. The Kier molecular flexibility index (Phi) is 7.27. The summed E-state index contributed by atoms with van der Waals surface area (Å²) >= 11 is 30.1. The summed E-state index contributed by atoms with van der Waals surface area (Å²) in [5.41, 5.74) is 0.569. The first-order valence-electron chi connectivity index (χ1n) is 8.92. The van der Waals surface area contributed by atoms with Gasteiger partial charge in [0.1, 0.15) is 6.04 Å². The molecule has 0 saturated carbocycles. The third-order valence-electron chi connectivity index (χ3n) is 4.75. The number of rotatable bonds is 5. The topological polar surface area (TPSA) is 92.8 Å². The summed E-state index contributed by atoms with van der Waals surface area (Å²) in [6, 6.07) is 3.56. The molecule has 0 bridgehead atoms. The van der Waals surface area contributed by atoms with Crippen LogP contribution in [-0.2, 0) is 14.3 Å². The van der Waals surface area contributed by atoms with Crippen molar-refractivity contribution in [2.24, 2.45) is 0 Å². The molecular weight excluding hydrogens is 525 g/mol. The van der Waals surface area contributed by atoms with Gasteiger partial charge < -0.3 is 10.1 Å². The zero-order valence-corrected chi connectivity index (χ0v) is 20.2. The van der Waals surface area contributed by atoms with Crippen LogP contribution in [-0.4, -0.2) is 41.2 Å². The Bertz CT molecular complexity index is 1140. The number of esters is 1. The molecule has 1 N–H and O–H groups in total. The molecule has 3 rings (SSSR count). The lowest BCUT2D eigenvalue weighted by molar-refractivity contribution is -0.150. The van der Waals surface area contributed by atoms with Gasteiger partial charge in [0.05, 0.1) is 31.2 Å². The van der Waals surface area contributed by atoms with E-state index in [4.69, 9.17) is 62.7 Å².